The van der Waals surface area contributed by atoms with Gasteiger partial charge in [0.05, 0.1) is 5.02 Å². The zero-order valence-corrected chi connectivity index (χ0v) is 11.0. The highest BCUT2D eigenvalue weighted by molar-refractivity contribution is 6.36. The second-order valence-electron chi connectivity index (χ2n) is 3.92. The highest BCUT2D eigenvalue weighted by Gasteiger charge is 2.14. The molecule has 0 N–H and O–H groups in total. The molecule has 4 heteroatoms. The molecular formula is C14H9Cl2FO. The van der Waals surface area contributed by atoms with Crippen molar-refractivity contribution in [2.75, 3.05) is 0 Å². The predicted octanol–water partition coefficient (Wildman–Crippen LogP) is 4.67. The molecule has 0 saturated carbocycles. The smallest absolute Gasteiger partial charge is 0.194 e. The molecule has 0 atom stereocenters. The number of hydrogen-bond acceptors (Lipinski definition) is 1. The largest absolute Gasteiger partial charge is 0.289 e. The summed E-state index contributed by atoms with van der Waals surface area (Å²) in [4.78, 5) is 12.2. The zero-order chi connectivity index (χ0) is 13.3. The van der Waals surface area contributed by atoms with E-state index >= 15 is 0 Å². The normalized spacial score (nSPS) is 10.4. The second-order valence-corrected chi connectivity index (χ2v) is 4.76. The molecular weight excluding hydrogens is 274 g/mol. The van der Waals surface area contributed by atoms with Gasteiger partial charge in [-0.05, 0) is 48.9 Å². The van der Waals surface area contributed by atoms with Crippen molar-refractivity contribution in [2.45, 2.75) is 6.92 Å². The Morgan fingerprint density at radius 1 is 1.11 bits per heavy atom. The molecule has 0 spiro atoms. The van der Waals surface area contributed by atoms with E-state index in [-0.39, 0.29) is 11.6 Å². The van der Waals surface area contributed by atoms with Crippen LogP contribution in [0.5, 0.6) is 0 Å². The lowest BCUT2D eigenvalue weighted by atomic mass is 10.0. The van der Waals surface area contributed by atoms with Crippen LogP contribution in [-0.2, 0) is 0 Å². The van der Waals surface area contributed by atoms with Gasteiger partial charge >= 0.3 is 0 Å². The molecule has 0 amide bonds. The maximum atomic E-state index is 13.1. The number of ketones is 1. The fourth-order valence-electron chi connectivity index (χ4n) is 1.61. The molecule has 0 aliphatic rings. The third kappa shape index (κ3) is 2.55. The lowest BCUT2D eigenvalue weighted by molar-refractivity contribution is 0.103. The monoisotopic (exact) mass is 282 g/mol. The van der Waals surface area contributed by atoms with Crippen LogP contribution < -0.4 is 0 Å². The lowest BCUT2D eigenvalue weighted by Crippen LogP contribution is -2.03. The fraction of sp³-hybridized carbons (Fsp3) is 0.0714. The third-order valence-corrected chi connectivity index (χ3v) is 3.16. The van der Waals surface area contributed by atoms with Crippen molar-refractivity contribution in [3.8, 4) is 0 Å². The number of rotatable bonds is 2. The molecule has 2 rings (SSSR count). The van der Waals surface area contributed by atoms with E-state index in [4.69, 9.17) is 23.2 Å². The van der Waals surface area contributed by atoms with Gasteiger partial charge in [-0.3, -0.25) is 4.79 Å². The summed E-state index contributed by atoms with van der Waals surface area (Å²) in [5.74, 6) is -0.616. The van der Waals surface area contributed by atoms with Crippen LogP contribution >= 0.6 is 23.2 Å². The Bertz CT molecular complexity index is 623. The molecule has 0 heterocycles. The molecule has 2 aromatic carbocycles. The molecule has 92 valence electrons. The van der Waals surface area contributed by atoms with Gasteiger partial charge in [0.25, 0.3) is 0 Å². The first-order valence-electron chi connectivity index (χ1n) is 5.25. The van der Waals surface area contributed by atoms with E-state index in [1.165, 1.54) is 24.3 Å². The van der Waals surface area contributed by atoms with Crippen LogP contribution in [-0.4, -0.2) is 5.78 Å². The Kier molecular flexibility index (Phi) is 3.69. The van der Waals surface area contributed by atoms with Gasteiger partial charge in [-0.1, -0.05) is 23.2 Å². The quantitative estimate of drug-likeness (QED) is 0.732. The maximum absolute atomic E-state index is 13.1. The molecule has 0 aliphatic heterocycles. The summed E-state index contributed by atoms with van der Waals surface area (Å²) >= 11 is 11.8. The number of aryl methyl sites for hydroxylation is 1. The van der Waals surface area contributed by atoms with Crippen LogP contribution in [0.2, 0.25) is 10.0 Å². The Labute approximate surface area is 114 Å². The van der Waals surface area contributed by atoms with E-state index in [1.807, 2.05) is 0 Å². The minimum absolute atomic E-state index is 0.273. The van der Waals surface area contributed by atoms with Gasteiger partial charge in [-0.25, -0.2) is 4.39 Å². The number of benzene rings is 2. The third-order valence-electron chi connectivity index (χ3n) is 2.59. The van der Waals surface area contributed by atoms with Gasteiger partial charge in [0.15, 0.2) is 5.78 Å². The summed E-state index contributed by atoms with van der Waals surface area (Å²) < 4.78 is 13.1. The molecule has 0 unspecified atom stereocenters. The number of carbonyl (C=O) groups is 1. The van der Waals surface area contributed by atoms with Crippen molar-refractivity contribution in [3.63, 3.8) is 0 Å². The predicted molar refractivity (Wildman–Crippen MR) is 71.0 cm³/mol. The summed E-state index contributed by atoms with van der Waals surface area (Å²) in [6, 6.07) is 8.87. The SMILES string of the molecule is Cc1cc(C(=O)c2cc(Cl)ccc2Cl)ccc1F. The van der Waals surface area contributed by atoms with Crippen molar-refractivity contribution in [3.05, 3.63) is 69.0 Å². The first-order valence-corrected chi connectivity index (χ1v) is 6.00. The van der Waals surface area contributed by atoms with Crippen LogP contribution in [0.3, 0.4) is 0 Å². The number of hydrogen-bond donors (Lipinski definition) is 0. The molecule has 2 aromatic rings. The van der Waals surface area contributed by atoms with E-state index in [2.05, 4.69) is 0 Å². The van der Waals surface area contributed by atoms with Crippen LogP contribution in [0.25, 0.3) is 0 Å². The van der Waals surface area contributed by atoms with Crippen molar-refractivity contribution >= 4 is 29.0 Å². The van der Waals surface area contributed by atoms with E-state index in [1.54, 1.807) is 19.1 Å². The summed E-state index contributed by atoms with van der Waals surface area (Å²) in [5, 5.41) is 0.757. The minimum atomic E-state index is -0.344. The molecule has 0 fully saturated rings. The standard InChI is InChI=1S/C14H9Cl2FO/c1-8-6-9(2-5-13(8)17)14(18)11-7-10(15)3-4-12(11)16/h2-7H,1H3. The average Bonchev–Trinajstić information content (AvgIpc) is 2.35. The zero-order valence-electron chi connectivity index (χ0n) is 9.51. The Morgan fingerprint density at radius 3 is 2.50 bits per heavy atom. The van der Waals surface area contributed by atoms with Crippen molar-refractivity contribution in [2.24, 2.45) is 0 Å². The topological polar surface area (TPSA) is 17.1 Å². The highest BCUT2D eigenvalue weighted by Crippen LogP contribution is 2.24. The first-order chi connectivity index (χ1) is 8.49. The Hall–Kier alpha value is -1.38. The van der Waals surface area contributed by atoms with E-state index in [9.17, 15) is 9.18 Å². The molecule has 18 heavy (non-hydrogen) atoms. The fourth-order valence-corrected chi connectivity index (χ4v) is 1.99. The Balaban J connectivity index is 2.47. The van der Waals surface area contributed by atoms with E-state index < -0.39 is 0 Å². The average molecular weight is 283 g/mol. The van der Waals surface area contributed by atoms with Gasteiger partial charge in [-0.15, -0.1) is 0 Å². The summed E-state index contributed by atoms with van der Waals surface area (Å²) in [5.41, 5.74) is 1.12. The molecule has 0 radical (unpaired) electrons. The highest BCUT2D eigenvalue weighted by atomic mass is 35.5. The van der Waals surface area contributed by atoms with Crippen molar-refractivity contribution in [1.82, 2.24) is 0 Å². The van der Waals surface area contributed by atoms with Crippen LogP contribution in [0.1, 0.15) is 21.5 Å². The van der Waals surface area contributed by atoms with Gasteiger partial charge in [0.1, 0.15) is 5.82 Å². The molecule has 0 aromatic heterocycles. The lowest BCUT2D eigenvalue weighted by Gasteiger charge is -2.05. The van der Waals surface area contributed by atoms with Gasteiger partial charge < -0.3 is 0 Å². The molecule has 0 saturated heterocycles. The van der Waals surface area contributed by atoms with E-state index in [0.29, 0.717) is 26.7 Å². The van der Waals surface area contributed by atoms with Gasteiger partial charge in [-0.2, -0.15) is 0 Å². The molecule has 1 nitrogen and oxygen atoms in total. The Morgan fingerprint density at radius 2 is 1.83 bits per heavy atom. The number of halogens is 3. The second kappa shape index (κ2) is 5.09. The number of carbonyl (C=O) groups excluding carboxylic acids is 1. The molecule has 0 aliphatic carbocycles. The summed E-state index contributed by atoms with van der Waals surface area (Å²) in [7, 11) is 0. The van der Waals surface area contributed by atoms with E-state index in [0.717, 1.165) is 0 Å². The molecule has 0 bridgehead atoms. The van der Waals surface area contributed by atoms with Crippen molar-refractivity contribution in [1.29, 1.82) is 0 Å². The van der Waals surface area contributed by atoms with Gasteiger partial charge in [0.2, 0.25) is 0 Å². The minimum Gasteiger partial charge on any atom is -0.289 e. The first kappa shape index (κ1) is 13.1. The van der Waals surface area contributed by atoms with Crippen LogP contribution in [0.15, 0.2) is 36.4 Å². The summed E-state index contributed by atoms with van der Waals surface area (Å²) in [6.45, 7) is 1.60. The van der Waals surface area contributed by atoms with Crippen LogP contribution in [0, 0.1) is 12.7 Å². The summed E-state index contributed by atoms with van der Waals surface area (Å²) in [6.07, 6.45) is 0. The maximum Gasteiger partial charge on any atom is 0.194 e. The van der Waals surface area contributed by atoms with Gasteiger partial charge in [0, 0.05) is 16.1 Å². The van der Waals surface area contributed by atoms with Crippen molar-refractivity contribution < 1.29 is 9.18 Å². The van der Waals surface area contributed by atoms with Crippen LogP contribution in [0.4, 0.5) is 4.39 Å².